The summed E-state index contributed by atoms with van der Waals surface area (Å²) in [5.41, 5.74) is 3.64. The van der Waals surface area contributed by atoms with Gasteiger partial charge in [-0.15, -0.1) is 0 Å². The second-order valence-corrected chi connectivity index (χ2v) is 9.21. The minimum absolute atomic E-state index is 0.331. The summed E-state index contributed by atoms with van der Waals surface area (Å²) in [5, 5.41) is 3.00. The maximum absolute atomic E-state index is 13.2. The van der Waals surface area contributed by atoms with Crippen LogP contribution in [-0.2, 0) is 26.4 Å². The van der Waals surface area contributed by atoms with Crippen LogP contribution in [0.5, 0.6) is 0 Å². The highest BCUT2D eigenvalue weighted by atomic mass is 32.2. The zero-order valence-electron chi connectivity index (χ0n) is 18.8. The van der Waals surface area contributed by atoms with Gasteiger partial charge in [-0.25, -0.2) is 9.78 Å². The van der Waals surface area contributed by atoms with E-state index in [0.29, 0.717) is 23.5 Å². The molecule has 0 aliphatic carbocycles. The van der Waals surface area contributed by atoms with Gasteiger partial charge in [0.25, 0.3) is 5.56 Å². The average molecular weight is 457 g/mol. The van der Waals surface area contributed by atoms with Crippen LogP contribution < -0.4 is 11.2 Å². The van der Waals surface area contributed by atoms with Gasteiger partial charge in [-0.3, -0.25) is 13.9 Å². The van der Waals surface area contributed by atoms with Crippen molar-refractivity contribution in [1.82, 2.24) is 18.7 Å². The fraction of sp³-hybridized carbons (Fsp3) is 0.192. The molecule has 3 aromatic carbocycles. The van der Waals surface area contributed by atoms with Crippen molar-refractivity contribution in [2.24, 2.45) is 14.1 Å². The molecular formula is C26H24N4O2S. The van der Waals surface area contributed by atoms with Crippen LogP contribution >= 0.6 is 11.8 Å². The molecule has 166 valence electrons. The second-order valence-electron chi connectivity index (χ2n) is 8.27. The predicted molar refractivity (Wildman–Crippen MR) is 134 cm³/mol. The summed E-state index contributed by atoms with van der Waals surface area (Å²) in [4.78, 5) is 30.5. The number of hydrogen-bond acceptors (Lipinski definition) is 4. The van der Waals surface area contributed by atoms with Crippen LogP contribution in [0.2, 0.25) is 0 Å². The molecule has 0 saturated heterocycles. The van der Waals surface area contributed by atoms with Gasteiger partial charge in [0.1, 0.15) is 0 Å². The van der Waals surface area contributed by atoms with E-state index < -0.39 is 0 Å². The van der Waals surface area contributed by atoms with E-state index in [9.17, 15) is 9.59 Å². The number of fused-ring (bicyclic) bond motifs is 2. The van der Waals surface area contributed by atoms with E-state index in [-0.39, 0.29) is 11.2 Å². The average Bonchev–Trinajstić information content (AvgIpc) is 3.19. The van der Waals surface area contributed by atoms with Gasteiger partial charge in [0.15, 0.2) is 16.3 Å². The first-order valence-corrected chi connectivity index (χ1v) is 11.7. The summed E-state index contributed by atoms with van der Waals surface area (Å²) in [6, 6.07) is 22.8. The standard InChI is InChI=1S/C26H24N4O2S/c1-17-11-13-18(14-12-17)16-33-25-27-23-22(24(31)29(3)26(32)28(23)2)30(25)15-20-9-6-8-19-7-4-5-10-21(19)20/h4-14H,15-16H2,1-3H3. The molecule has 2 aromatic heterocycles. The van der Waals surface area contributed by atoms with Crippen molar-refractivity contribution >= 4 is 33.7 Å². The molecule has 2 heterocycles. The maximum atomic E-state index is 13.2. The van der Waals surface area contributed by atoms with Crippen LogP contribution in [0.1, 0.15) is 16.7 Å². The Hall–Kier alpha value is -3.58. The molecule has 0 spiro atoms. The van der Waals surface area contributed by atoms with Crippen molar-refractivity contribution in [3.63, 3.8) is 0 Å². The van der Waals surface area contributed by atoms with Gasteiger partial charge in [-0.05, 0) is 28.8 Å². The summed E-state index contributed by atoms with van der Waals surface area (Å²) in [6.07, 6.45) is 0. The van der Waals surface area contributed by atoms with Gasteiger partial charge in [-0.1, -0.05) is 84.1 Å². The van der Waals surface area contributed by atoms with E-state index in [1.54, 1.807) is 18.8 Å². The van der Waals surface area contributed by atoms with Gasteiger partial charge in [-0.2, -0.15) is 0 Å². The molecule has 0 aliphatic rings. The molecule has 0 aliphatic heterocycles. The van der Waals surface area contributed by atoms with Gasteiger partial charge >= 0.3 is 5.69 Å². The zero-order valence-corrected chi connectivity index (χ0v) is 19.6. The molecule has 5 aromatic rings. The Morgan fingerprint density at radius 2 is 1.61 bits per heavy atom. The van der Waals surface area contributed by atoms with Crippen LogP contribution in [0.3, 0.4) is 0 Å². The lowest BCUT2D eigenvalue weighted by molar-refractivity contribution is 0.697. The van der Waals surface area contributed by atoms with Gasteiger partial charge in [0.05, 0.1) is 6.54 Å². The highest BCUT2D eigenvalue weighted by molar-refractivity contribution is 7.98. The van der Waals surface area contributed by atoms with Gasteiger partial charge < -0.3 is 4.57 Å². The van der Waals surface area contributed by atoms with Gasteiger partial charge in [0.2, 0.25) is 0 Å². The van der Waals surface area contributed by atoms with Crippen molar-refractivity contribution in [2.75, 3.05) is 0 Å². The molecule has 33 heavy (non-hydrogen) atoms. The summed E-state index contributed by atoms with van der Waals surface area (Å²) < 4.78 is 4.56. The van der Waals surface area contributed by atoms with E-state index in [4.69, 9.17) is 4.98 Å². The Bertz CT molecular complexity index is 1610. The Labute approximate surface area is 195 Å². The molecule has 0 N–H and O–H groups in total. The molecule has 5 rings (SSSR count). The molecule has 6 nitrogen and oxygen atoms in total. The highest BCUT2D eigenvalue weighted by Gasteiger charge is 2.20. The largest absolute Gasteiger partial charge is 0.332 e. The molecular weight excluding hydrogens is 432 g/mol. The number of imidazole rings is 1. The third kappa shape index (κ3) is 3.78. The minimum atomic E-state index is -0.377. The Morgan fingerprint density at radius 3 is 2.39 bits per heavy atom. The topological polar surface area (TPSA) is 61.8 Å². The van der Waals surface area contributed by atoms with Crippen molar-refractivity contribution in [2.45, 2.75) is 24.4 Å². The van der Waals surface area contributed by atoms with E-state index >= 15 is 0 Å². The third-order valence-electron chi connectivity index (χ3n) is 6.01. The molecule has 0 amide bonds. The van der Waals surface area contributed by atoms with Crippen LogP contribution in [0.25, 0.3) is 21.9 Å². The quantitative estimate of drug-likeness (QED) is 0.371. The lowest BCUT2D eigenvalue weighted by Gasteiger charge is -2.12. The fourth-order valence-corrected chi connectivity index (χ4v) is 5.07. The number of aryl methyl sites for hydroxylation is 2. The number of aromatic nitrogens is 4. The predicted octanol–water partition coefficient (Wildman–Crippen LogP) is 4.24. The first-order chi connectivity index (χ1) is 15.9. The highest BCUT2D eigenvalue weighted by Crippen LogP contribution is 2.28. The molecule has 0 bridgehead atoms. The van der Waals surface area contributed by atoms with Gasteiger partial charge in [0, 0.05) is 19.8 Å². The number of hydrogen-bond donors (Lipinski definition) is 0. The first-order valence-electron chi connectivity index (χ1n) is 10.8. The number of benzene rings is 3. The zero-order chi connectivity index (χ0) is 23.1. The monoisotopic (exact) mass is 456 g/mol. The third-order valence-corrected chi connectivity index (χ3v) is 7.06. The van der Waals surface area contributed by atoms with Crippen LogP contribution in [0.15, 0.2) is 81.5 Å². The molecule has 0 saturated carbocycles. The first kappa shape index (κ1) is 21.3. The lowest BCUT2D eigenvalue weighted by Crippen LogP contribution is -2.37. The van der Waals surface area contributed by atoms with Crippen molar-refractivity contribution in [1.29, 1.82) is 0 Å². The van der Waals surface area contributed by atoms with Crippen LogP contribution in [-0.4, -0.2) is 18.7 Å². The number of thioether (sulfide) groups is 1. The van der Waals surface area contributed by atoms with Crippen molar-refractivity contribution in [3.8, 4) is 0 Å². The molecule has 0 atom stereocenters. The minimum Gasteiger partial charge on any atom is -0.309 e. The molecule has 0 unspecified atom stereocenters. The fourth-order valence-electron chi connectivity index (χ4n) is 4.12. The second kappa shape index (κ2) is 8.41. The molecule has 0 fully saturated rings. The summed E-state index contributed by atoms with van der Waals surface area (Å²) in [6.45, 7) is 2.55. The summed E-state index contributed by atoms with van der Waals surface area (Å²) in [7, 11) is 3.17. The Kier molecular flexibility index (Phi) is 5.42. The van der Waals surface area contributed by atoms with Crippen molar-refractivity contribution in [3.05, 3.63) is 104 Å². The molecule has 0 radical (unpaired) electrons. The smallest absolute Gasteiger partial charge is 0.309 e. The molecule has 7 heteroatoms. The SMILES string of the molecule is Cc1ccc(CSc2nc3c(c(=O)n(C)c(=O)n3C)n2Cc2cccc3ccccc23)cc1. The van der Waals surface area contributed by atoms with E-state index in [1.165, 1.54) is 22.7 Å². The lowest BCUT2D eigenvalue weighted by atomic mass is 10.0. The summed E-state index contributed by atoms with van der Waals surface area (Å²) in [5.74, 6) is 0.716. The van der Waals surface area contributed by atoms with E-state index in [0.717, 1.165) is 26.1 Å². The van der Waals surface area contributed by atoms with Crippen LogP contribution in [0.4, 0.5) is 0 Å². The Morgan fingerprint density at radius 1 is 0.879 bits per heavy atom. The van der Waals surface area contributed by atoms with Crippen LogP contribution in [0, 0.1) is 6.92 Å². The van der Waals surface area contributed by atoms with Crippen molar-refractivity contribution < 1.29 is 0 Å². The summed E-state index contributed by atoms with van der Waals surface area (Å²) >= 11 is 1.57. The Balaban J connectivity index is 1.67. The van der Waals surface area contributed by atoms with E-state index in [1.807, 2.05) is 22.8 Å². The number of nitrogens with zero attached hydrogens (tertiary/aromatic N) is 4. The van der Waals surface area contributed by atoms with E-state index in [2.05, 4.69) is 55.5 Å². The maximum Gasteiger partial charge on any atom is 0.332 e. The normalized spacial score (nSPS) is 11.5. The number of rotatable bonds is 5.